The van der Waals surface area contributed by atoms with Crippen LogP contribution in [0, 0.1) is 17.0 Å². The highest BCUT2D eigenvalue weighted by Crippen LogP contribution is 2.30. The Morgan fingerprint density at radius 3 is 2.39 bits per heavy atom. The quantitative estimate of drug-likeness (QED) is 0.596. The van der Waals surface area contributed by atoms with Crippen molar-refractivity contribution in [3.8, 4) is 11.5 Å². The maximum atomic E-state index is 10.8. The predicted octanol–water partition coefficient (Wildman–Crippen LogP) is 3.04. The van der Waals surface area contributed by atoms with Gasteiger partial charge in [-0.2, -0.15) is 0 Å². The topological polar surface area (TPSA) is 61.6 Å². The second-order valence-electron chi connectivity index (χ2n) is 3.81. The standard InChI is InChI=1S/C13H17NO4/c1-5-11(14(15)16)7-10-8-12(17-3)9(2)6-13(10)18-4/h6-8H,5H2,1-4H3. The van der Waals surface area contributed by atoms with Crippen molar-refractivity contribution in [2.75, 3.05) is 14.2 Å². The molecule has 0 unspecified atom stereocenters. The number of ether oxygens (including phenoxy) is 2. The molecule has 0 radical (unpaired) electrons. The van der Waals surface area contributed by atoms with Crippen LogP contribution in [0.1, 0.15) is 24.5 Å². The van der Waals surface area contributed by atoms with Crippen LogP contribution < -0.4 is 9.47 Å². The second-order valence-corrected chi connectivity index (χ2v) is 3.81. The van der Waals surface area contributed by atoms with Crippen LogP contribution in [-0.2, 0) is 0 Å². The molecule has 0 heterocycles. The van der Waals surface area contributed by atoms with Gasteiger partial charge in [-0.3, -0.25) is 10.1 Å². The van der Waals surface area contributed by atoms with Crippen molar-refractivity contribution >= 4 is 6.08 Å². The van der Waals surface area contributed by atoms with Gasteiger partial charge in [0.15, 0.2) is 0 Å². The molecule has 0 saturated carbocycles. The van der Waals surface area contributed by atoms with E-state index < -0.39 is 0 Å². The zero-order chi connectivity index (χ0) is 13.7. The van der Waals surface area contributed by atoms with E-state index in [-0.39, 0.29) is 10.6 Å². The lowest BCUT2D eigenvalue weighted by molar-refractivity contribution is -0.425. The summed E-state index contributed by atoms with van der Waals surface area (Å²) in [6, 6.07) is 3.55. The second kappa shape index (κ2) is 6.05. The van der Waals surface area contributed by atoms with E-state index in [0.717, 1.165) is 5.56 Å². The summed E-state index contributed by atoms with van der Waals surface area (Å²) in [5.74, 6) is 1.28. The first kappa shape index (κ1) is 14.0. The number of aryl methyl sites for hydroxylation is 1. The monoisotopic (exact) mass is 251 g/mol. The van der Waals surface area contributed by atoms with Crippen molar-refractivity contribution < 1.29 is 14.4 Å². The summed E-state index contributed by atoms with van der Waals surface area (Å²) in [4.78, 5) is 10.4. The first-order valence-electron chi connectivity index (χ1n) is 5.61. The maximum Gasteiger partial charge on any atom is 0.246 e. The van der Waals surface area contributed by atoms with Crippen molar-refractivity contribution in [1.82, 2.24) is 0 Å². The fourth-order valence-corrected chi connectivity index (χ4v) is 1.65. The zero-order valence-corrected chi connectivity index (χ0v) is 11.0. The fraction of sp³-hybridized carbons (Fsp3) is 0.385. The van der Waals surface area contributed by atoms with Gasteiger partial charge >= 0.3 is 0 Å². The van der Waals surface area contributed by atoms with E-state index in [1.54, 1.807) is 26.2 Å². The molecule has 0 atom stereocenters. The largest absolute Gasteiger partial charge is 0.496 e. The Morgan fingerprint density at radius 1 is 1.33 bits per heavy atom. The van der Waals surface area contributed by atoms with Crippen LogP contribution in [0.25, 0.3) is 6.08 Å². The van der Waals surface area contributed by atoms with Crippen LogP contribution in [-0.4, -0.2) is 19.1 Å². The molecule has 0 amide bonds. The third kappa shape index (κ3) is 3.00. The van der Waals surface area contributed by atoms with Gasteiger partial charge in [0, 0.05) is 18.1 Å². The third-order valence-electron chi connectivity index (χ3n) is 2.67. The molecule has 0 aliphatic heterocycles. The number of hydrogen-bond acceptors (Lipinski definition) is 4. The van der Waals surface area contributed by atoms with Crippen LogP contribution in [0.3, 0.4) is 0 Å². The lowest BCUT2D eigenvalue weighted by Crippen LogP contribution is -1.98. The highest BCUT2D eigenvalue weighted by Gasteiger charge is 2.12. The van der Waals surface area contributed by atoms with Crippen molar-refractivity contribution in [1.29, 1.82) is 0 Å². The Kier molecular flexibility index (Phi) is 4.71. The summed E-state index contributed by atoms with van der Waals surface area (Å²) in [6.45, 7) is 3.63. The molecule has 1 aromatic rings. The molecule has 5 heteroatoms. The third-order valence-corrected chi connectivity index (χ3v) is 2.67. The van der Waals surface area contributed by atoms with Gasteiger partial charge < -0.3 is 9.47 Å². The van der Waals surface area contributed by atoms with Gasteiger partial charge in [0.25, 0.3) is 0 Å². The summed E-state index contributed by atoms with van der Waals surface area (Å²) in [5.41, 5.74) is 1.71. The smallest absolute Gasteiger partial charge is 0.246 e. The van der Waals surface area contributed by atoms with Crippen LogP contribution in [0.2, 0.25) is 0 Å². The molecule has 0 aromatic heterocycles. The van der Waals surface area contributed by atoms with E-state index >= 15 is 0 Å². The first-order chi connectivity index (χ1) is 8.53. The van der Waals surface area contributed by atoms with Gasteiger partial charge in [0.2, 0.25) is 5.70 Å². The van der Waals surface area contributed by atoms with Gasteiger partial charge in [0.1, 0.15) is 11.5 Å². The summed E-state index contributed by atoms with van der Waals surface area (Å²) in [6.07, 6.45) is 1.87. The van der Waals surface area contributed by atoms with Crippen molar-refractivity contribution in [3.05, 3.63) is 39.1 Å². The van der Waals surface area contributed by atoms with Crippen LogP contribution in [0.5, 0.6) is 11.5 Å². The van der Waals surface area contributed by atoms with E-state index in [4.69, 9.17) is 9.47 Å². The molecule has 1 rings (SSSR count). The molecule has 1 aromatic carbocycles. The van der Waals surface area contributed by atoms with Gasteiger partial charge in [-0.25, -0.2) is 0 Å². The number of nitrogens with zero attached hydrogens (tertiary/aromatic N) is 1. The van der Waals surface area contributed by atoms with Crippen molar-refractivity contribution in [2.24, 2.45) is 0 Å². The Labute approximate surface area is 106 Å². The lowest BCUT2D eigenvalue weighted by atomic mass is 10.1. The normalized spacial score (nSPS) is 11.2. The molecule has 0 aliphatic rings. The first-order valence-corrected chi connectivity index (χ1v) is 5.61. The van der Waals surface area contributed by atoms with Gasteiger partial charge in [0.05, 0.1) is 19.1 Å². The van der Waals surface area contributed by atoms with E-state index in [1.165, 1.54) is 13.2 Å². The average Bonchev–Trinajstić information content (AvgIpc) is 2.36. The number of benzene rings is 1. The van der Waals surface area contributed by atoms with Crippen molar-refractivity contribution in [3.63, 3.8) is 0 Å². The summed E-state index contributed by atoms with van der Waals surface area (Å²) in [5, 5.41) is 10.8. The number of allylic oxidation sites excluding steroid dienone is 1. The van der Waals surface area contributed by atoms with E-state index in [1.807, 2.05) is 6.92 Å². The summed E-state index contributed by atoms with van der Waals surface area (Å²) in [7, 11) is 3.10. The summed E-state index contributed by atoms with van der Waals surface area (Å²) >= 11 is 0. The highest BCUT2D eigenvalue weighted by molar-refractivity contribution is 5.62. The lowest BCUT2D eigenvalue weighted by Gasteiger charge is -2.10. The van der Waals surface area contributed by atoms with Crippen molar-refractivity contribution in [2.45, 2.75) is 20.3 Å². The Balaban J connectivity index is 3.33. The van der Waals surface area contributed by atoms with E-state index in [2.05, 4.69) is 0 Å². The van der Waals surface area contributed by atoms with Gasteiger partial charge in [-0.15, -0.1) is 0 Å². The van der Waals surface area contributed by atoms with Gasteiger partial charge in [-0.05, 0) is 24.6 Å². The number of rotatable bonds is 5. The molecule has 0 saturated heterocycles. The Bertz CT molecular complexity index is 480. The maximum absolute atomic E-state index is 10.8. The molecule has 0 aliphatic carbocycles. The number of methoxy groups -OCH3 is 2. The minimum Gasteiger partial charge on any atom is -0.496 e. The van der Waals surface area contributed by atoms with Crippen LogP contribution in [0.4, 0.5) is 0 Å². The Morgan fingerprint density at radius 2 is 1.94 bits per heavy atom. The predicted molar refractivity (Wildman–Crippen MR) is 69.5 cm³/mol. The molecular formula is C13H17NO4. The van der Waals surface area contributed by atoms with Crippen LogP contribution >= 0.6 is 0 Å². The van der Waals surface area contributed by atoms with Crippen LogP contribution in [0.15, 0.2) is 17.8 Å². The molecule has 5 nitrogen and oxygen atoms in total. The van der Waals surface area contributed by atoms with Gasteiger partial charge in [-0.1, -0.05) is 6.92 Å². The SMILES string of the molecule is CCC(=Cc1cc(OC)c(C)cc1OC)[N+](=O)[O-]. The van der Waals surface area contributed by atoms with E-state index in [9.17, 15) is 10.1 Å². The molecule has 0 fully saturated rings. The Hall–Kier alpha value is -2.04. The molecular weight excluding hydrogens is 234 g/mol. The van der Waals surface area contributed by atoms with E-state index in [0.29, 0.717) is 23.5 Å². The number of nitro groups is 1. The molecule has 0 bridgehead atoms. The molecule has 18 heavy (non-hydrogen) atoms. The minimum atomic E-state index is -0.383. The minimum absolute atomic E-state index is 0.138. The highest BCUT2D eigenvalue weighted by atomic mass is 16.6. The zero-order valence-electron chi connectivity index (χ0n) is 11.0. The fourth-order valence-electron chi connectivity index (χ4n) is 1.65. The molecule has 0 spiro atoms. The summed E-state index contributed by atoms with van der Waals surface area (Å²) < 4.78 is 10.4. The molecule has 98 valence electrons. The average molecular weight is 251 g/mol. The molecule has 0 N–H and O–H groups in total. The number of hydrogen-bond donors (Lipinski definition) is 0.